The van der Waals surface area contributed by atoms with Crippen LogP contribution in [0.5, 0.6) is 0 Å². The summed E-state index contributed by atoms with van der Waals surface area (Å²) in [5.74, 6) is 0. The van der Waals surface area contributed by atoms with Gasteiger partial charge in [-0.05, 0) is 26.3 Å². The lowest BCUT2D eigenvalue weighted by Gasteiger charge is -2.25. The number of aliphatic hydroxyl groups is 1. The molecule has 1 heterocycles. The Hall–Kier alpha value is -0.0800. The second-order valence-corrected chi connectivity index (χ2v) is 3.46. The Morgan fingerprint density at radius 3 is 2.91 bits per heavy atom. The smallest absolute Gasteiger partial charge is 0.0558 e. The molecule has 2 nitrogen and oxygen atoms in total. The van der Waals surface area contributed by atoms with Crippen LogP contribution >= 0.6 is 0 Å². The molecule has 66 valence electrons. The number of rotatable bonds is 2. The Morgan fingerprint density at radius 1 is 1.36 bits per heavy atom. The van der Waals surface area contributed by atoms with Gasteiger partial charge in [0.25, 0.3) is 0 Å². The van der Waals surface area contributed by atoms with E-state index < -0.39 is 0 Å². The van der Waals surface area contributed by atoms with Gasteiger partial charge in [-0.25, -0.2) is 0 Å². The maximum absolute atomic E-state index is 8.79. The molecule has 1 fully saturated rings. The predicted molar refractivity (Wildman–Crippen MR) is 46.6 cm³/mol. The van der Waals surface area contributed by atoms with Gasteiger partial charge in [0.2, 0.25) is 0 Å². The Labute approximate surface area is 69.2 Å². The van der Waals surface area contributed by atoms with Gasteiger partial charge in [0.05, 0.1) is 6.61 Å². The van der Waals surface area contributed by atoms with E-state index in [4.69, 9.17) is 5.11 Å². The highest BCUT2D eigenvalue weighted by Crippen LogP contribution is 2.15. The molecule has 0 aromatic rings. The van der Waals surface area contributed by atoms with Crippen molar-refractivity contribution in [3.05, 3.63) is 0 Å². The fourth-order valence-corrected chi connectivity index (χ4v) is 1.80. The van der Waals surface area contributed by atoms with E-state index in [9.17, 15) is 0 Å². The van der Waals surface area contributed by atoms with Crippen LogP contribution in [0.1, 0.15) is 32.6 Å². The summed E-state index contributed by atoms with van der Waals surface area (Å²) in [5, 5.41) is 8.79. The first-order valence-corrected chi connectivity index (χ1v) is 4.69. The SMILES string of the molecule is C[C@@H]1CCCCCN1CCO. The van der Waals surface area contributed by atoms with Crippen molar-refractivity contribution in [2.75, 3.05) is 19.7 Å². The van der Waals surface area contributed by atoms with Crippen LogP contribution in [-0.4, -0.2) is 35.7 Å². The molecule has 1 aliphatic heterocycles. The van der Waals surface area contributed by atoms with Gasteiger partial charge in [-0.2, -0.15) is 0 Å². The highest BCUT2D eigenvalue weighted by Gasteiger charge is 2.15. The Balaban J connectivity index is 2.32. The maximum Gasteiger partial charge on any atom is 0.0558 e. The summed E-state index contributed by atoms with van der Waals surface area (Å²) in [6, 6.07) is 0.685. The highest BCUT2D eigenvalue weighted by atomic mass is 16.3. The fourth-order valence-electron chi connectivity index (χ4n) is 1.80. The molecular formula is C9H19NO. The van der Waals surface area contributed by atoms with Gasteiger partial charge in [0.15, 0.2) is 0 Å². The van der Waals surface area contributed by atoms with Crippen LogP contribution in [-0.2, 0) is 0 Å². The van der Waals surface area contributed by atoms with Crippen molar-refractivity contribution in [2.24, 2.45) is 0 Å². The maximum atomic E-state index is 8.79. The van der Waals surface area contributed by atoms with Crippen LogP contribution in [0.15, 0.2) is 0 Å². The number of β-amino-alcohol motifs (C(OH)–C–C–N with tert-alkyl or cyclic N) is 1. The third-order valence-corrected chi connectivity index (χ3v) is 2.58. The number of hydrogen-bond acceptors (Lipinski definition) is 2. The lowest BCUT2D eigenvalue weighted by atomic mass is 10.1. The summed E-state index contributed by atoms with van der Waals surface area (Å²) in [4.78, 5) is 2.40. The molecule has 0 bridgehead atoms. The van der Waals surface area contributed by atoms with Gasteiger partial charge < -0.3 is 5.11 Å². The molecular weight excluding hydrogens is 138 g/mol. The minimum atomic E-state index is 0.310. The van der Waals surface area contributed by atoms with E-state index in [0.29, 0.717) is 12.6 Å². The molecule has 0 spiro atoms. The van der Waals surface area contributed by atoms with Crippen molar-refractivity contribution >= 4 is 0 Å². The molecule has 0 saturated carbocycles. The van der Waals surface area contributed by atoms with Gasteiger partial charge in [-0.3, -0.25) is 4.90 Å². The summed E-state index contributed by atoms with van der Waals surface area (Å²) < 4.78 is 0. The summed E-state index contributed by atoms with van der Waals surface area (Å²) in [6.07, 6.45) is 5.35. The molecule has 11 heavy (non-hydrogen) atoms. The van der Waals surface area contributed by atoms with Crippen LogP contribution in [0.3, 0.4) is 0 Å². The van der Waals surface area contributed by atoms with Crippen LogP contribution in [0.4, 0.5) is 0 Å². The van der Waals surface area contributed by atoms with Crippen molar-refractivity contribution in [1.82, 2.24) is 4.90 Å². The standard InChI is InChI=1S/C9H19NO/c1-9-5-3-2-4-6-10(9)7-8-11/h9,11H,2-8H2,1H3/t9-/m1/s1. The van der Waals surface area contributed by atoms with E-state index >= 15 is 0 Å². The summed E-state index contributed by atoms with van der Waals surface area (Å²) in [7, 11) is 0. The summed E-state index contributed by atoms with van der Waals surface area (Å²) >= 11 is 0. The first-order chi connectivity index (χ1) is 5.34. The quantitative estimate of drug-likeness (QED) is 0.652. The van der Waals surface area contributed by atoms with Gasteiger partial charge in [-0.15, -0.1) is 0 Å². The molecule has 1 saturated heterocycles. The van der Waals surface area contributed by atoms with E-state index in [1.165, 1.54) is 32.2 Å². The third-order valence-electron chi connectivity index (χ3n) is 2.58. The highest BCUT2D eigenvalue weighted by molar-refractivity contribution is 4.70. The second-order valence-electron chi connectivity index (χ2n) is 3.46. The lowest BCUT2D eigenvalue weighted by molar-refractivity contribution is 0.161. The van der Waals surface area contributed by atoms with Gasteiger partial charge in [-0.1, -0.05) is 12.8 Å². The first-order valence-electron chi connectivity index (χ1n) is 4.69. The monoisotopic (exact) mass is 157 g/mol. The van der Waals surface area contributed by atoms with E-state index in [1.54, 1.807) is 0 Å². The molecule has 1 atom stereocenters. The largest absolute Gasteiger partial charge is 0.395 e. The van der Waals surface area contributed by atoms with Crippen LogP contribution in [0, 0.1) is 0 Å². The normalized spacial score (nSPS) is 28.4. The average Bonchev–Trinajstić information content (AvgIpc) is 2.18. The molecule has 2 heteroatoms. The number of nitrogens with zero attached hydrogens (tertiary/aromatic N) is 1. The Morgan fingerprint density at radius 2 is 2.18 bits per heavy atom. The molecule has 1 aliphatic rings. The summed E-state index contributed by atoms with van der Waals surface area (Å²) in [6.45, 7) is 4.62. The van der Waals surface area contributed by atoms with Crippen molar-refractivity contribution in [3.63, 3.8) is 0 Å². The van der Waals surface area contributed by atoms with E-state index in [-0.39, 0.29) is 0 Å². The fraction of sp³-hybridized carbons (Fsp3) is 1.00. The van der Waals surface area contributed by atoms with E-state index in [1.807, 2.05) is 0 Å². The molecule has 1 rings (SSSR count). The topological polar surface area (TPSA) is 23.5 Å². The molecule has 1 N–H and O–H groups in total. The number of hydrogen-bond donors (Lipinski definition) is 1. The van der Waals surface area contributed by atoms with Gasteiger partial charge >= 0.3 is 0 Å². The van der Waals surface area contributed by atoms with Crippen LogP contribution in [0.25, 0.3) is 0 Å². The third kappa shape index (κ3) is 2.80. The zero-order valence-electron chi connectivity index (χ0n) is 7.42. The van der Waals surface area contributed by atoms with Crippen LogP contribution < -0.4 is 0 Å². The van der Waals surface area contributed by atoms with Crippen molar-refractivity contribution in [3.8, 4) is 0 Å². The second kappa shape index (κ2) is 4.73. The van der Waals surface area contributed by atoms with Crippen LogP contribution in [0.2, 0.25) is 0 Å². The zero-order valence-corrected chi connectivity index (χ0v) is 7.42. The first kappa shape index (κ1) is 9.01. The summed E-state index contributed by atoms with van der Waals surface area (Å²) in [5.41, 5.74) is 0. The predicted octanol–water partition coefficient (Wildman–Crippen LogP) is 1.24. The molecule has 0 amide bonds. The minimum absolute atomic E-state index is 0.310. The van der Waals surface area contributed by atoms with Crippen molar-refractivity contribution in [1.29, 1.82) is 0 Å². The molecule has 0 aromatic carbocycles. The molecule has 0 aliphatic carbocycles. The molecule has 0 aromatic heterocycles. The Kier molecular flexibility index (Phi) is 3.87. The molecule has 0 radical (unpaired) electrons. The van der Waals surface area contributed by atoms with Crippen molar-refractivity contribution in [2.45, 2.75) is 38.6 Å². The molecule has 0 unspecified atom stereocenters. The minimum Gasteiger partial charge on any atom is -0.395 e. The van der Waals surface area contributed by atoms with Gasteiger partial charge in [0, 0.05) is 12.6 Å². The Bertz CT molecular complexity index is 106. The number of likely N-dealkylation sites (tertiary alicyclic amines) is 1. The zero-order chi connectivity index (χ0) is 8.10. The van der Waals surface area contributed by atoms with Crippen molar-refractivity contribution < 1.29 is 5.11 Å². The number of aliphatic hydroxyl groups excluding tert-OH is 1. The van der Waals surface area contributed by atoms with Gasteiger partial charge in [0.1, 0.15) is 0 Å². The van der Waals surface area contributed by atoms with E-state index in [0.717, 1.165) is 6.54 Å². The van der Waals surface area contributed by atoms with E-state index in [2.05, 4.69) is 11.8 Å². The lowest BCUT2D eigenvalue weighted by Crippen LogP contribution is -2.34. The average molecular weight is 157 g/mol.